The molecule has 0 radical (unpaired) electrons. The van der Waals surface area contributed by atoms with Crippen molar-refractivity contribution < 1.29 is 4.89 Å². The third kappa shape index (κ3) is 2.21. The zero-order valence-corrected chi connectivity index (χ0v) is 7.74. The van der Waals surface area contributed by atoms with Gasteiger partial charge in [0.2, 0.25) is 0 Å². The predicted octanol–water partition coefficient (Wildman–Crippen LogP) is 2.51. The van der Waals surface area contributed by atoms with Crippen LogP contribution in [-0.4, -0.2) is 23.4 Å². The van der Waals surface area contributed by atoms with Crippen LogP contribution in [-0.2, 0) is 0 Å². The average Bonchev–Trinajstić information content (AvgIpc) is 2.33. The summed E-state index contributed by atoms with van der Waals surface area (Å²) in [5, 5.41) is 0. The summed E-state index contributed by atoms with van der Waals surface area (Å²) in [5.41, 5.74) is 0. The van der Waals surface area contributed by atoms with E-state index in [1.165, 1.54) is 25.7 Å². The average molecular weight is 161 g/mol. The summed E-state index contributed by atoms with van der Waals surface area (Å²) < 4.78 is 0. The molecular weight excluding hydrogens is 143 g/mol. The quantitative estimate of drug-likeness (QED) is 0.630. The van der Waals surface area contributed by atoms with Gasteiger partial charge in [0.05, 0.1) is 18.5 Å². The molecule has 0 spiro atoms. The van der Waals surface area contributed by atoms with Crippen LogP contribution in [0.2, 0.25) is 0 Å². The highest BCUT2D eigenvalue weighted by Crippen LogP contribution is 2.60. The van der Waals surface area contributed by atoms with Crippen molar-refractivity contribution in [1.82, 2.24) is 0 Å². The Morgan fingerprint density at radius 1 is 1.30 bits per heavy atom. The van der Waals surface area contributed by atoms with E-state index in [1.54, 1.807) is 0 Å². The fourth-order valence-corrected chi connectivity index (χ4v) is 4.80. The Morgan fingerprint density at radius 2 is 1.90 bits per heavy atom. The van der Waals surface area contributed by atoms with Crippen LogP contribution < -0.4 is 0 Å². The Balaban J connectivity index is 2.22. The van der Waals surface area contributed by atoms with Gasteiger partial charge in [0.25, 0.3) is 0 Å². The molecule has 1 heterocycles. The smallest absolute Gasteiger partial charge is 0.142 e. The van der Waals surface area contributed by atoms with Gasteiger partial charge in [0.15, 0.2) is 0 Å². The van der Waals surface area contributed by atoms with Crippen LogP contribution in [0.25, 0.3) is 0 Å². The fourth-order valence-electron chi connectivity index (χ4n) is 1.60. The third-order valence-electron chi connectivity index (χ3n) is 2.33. The van der Waals surface area contributed by atoms with Crippen LogP contribution in [0.5, 0.6) is 0 Å². The Bertz CT molecular complexity index is 97.4. The number of hydrogen-bond donors (Lipinski definition) is 1. The highest BCUT2D eigenvalue weighted by atomic mass is 31.2. The molecule has 2 heteroatoms. The lowest BCUT2D eigenvalue weighted by Gasteiger charge is -2.12. The number of unbranched alkanes of at least 4 members (excludes halogenated alkanes) is 1. The van der Waals surface area contributed by atoms with Gasteiger partial charge >= 0.3 is 0 Å². The van der Waals surface area contributed by atoms with Gasteiger partial charge in [-0.1, -0.05) is 13.3 Å². The second-order valence-corrected chi connectivity index (χ2v) is 6.86. The van der Waals surface area contributed by atoms with E-state index in [2.05, 4.69) is 6.92 Å². The van der Waals surface area contributed by atoms with Gasteiger partial charge in [-0.2, -0.15) is 0 Å². The summed E-state index contributed by atoms with van der Waals surface area (Å²) in [6, 6.07) is 0. The van der Waals surface area contributed by atoms with Crippen LogP contribution in [0.4, 0.5) is 0 Å². The lowest BCUT2D eigenvalue weighted by atomic mass is 10.4. The maximum atomic E-state index is 9.93. The maximum absolute atomic E-state index is 9.93. The summed E-state index contributed by atoms with van der Waals surface area (Å²) in [5.74, 6) is 0. The van der Waals surface area contributed by atoms with E-state index in [4.69, 9.17) is 0 Å². The first-order valence-corrected chi connectivity index (χ1v) is 6.65. The second-order valence-electron chi connectivity index (χ2n) is 3.33. The van der Waals surface area contributed by atoms with Crippen molar-refractivity contribution in [3.05, 3.63) is 0 Å². The van der Waals surface area contributed by atoms with Crippen molar-refractivity contribution in [3.8, 4) is 0 Å². The molecule has 1 nitrogen and oxygen atoms in total. The van der Waals surface area contributed by atoms with E-state index < -0.39 is 7.49 Å². The summed E-state index contributed by atoms with van der Waals surface area (Å²) in [4.78, 5) is 9.93. The summed E-state index contributed by atoms with van der Waals surface area (Å²) >= 11 is 0. The van der Waals surface area contributed by atoms with Crippen molar-refractivity contribution >= 4 is 7.49 Å². The van der Waals surface area contributed by atoms with E-state index >= 15 is 0 Å². The predicted molar refractivity (Wildman–Crippen MR) is 47.9 cm³/mol. The lowest BCUT2D eigenvalue weighted by Crippen LogP contribution is -1.98. The Kier molecular flexibility index (Phi) is 3.13. The van der Waals surface area contributed by atoms with E-state index in [0.717, 1.165) is 18.5 Å². The van der Waals surface area contributed by atoms with Crippen LogP contribution in [0.15, 0.2) is 0 Å². The van der Waals surface area contributed by atoms with Crippen LogP contribution in [0, 0.1) is 0 Å². The van der Waals surface area contributed by atoms with Crippen molar-refractivity contribution in [2.45, 2.75) is 32.6 Å². The number of rotatable bonds is 3. The zero-order chi connectivity index (χ0) is 7.45. The molecule has 0 aromatic heterocycles. The molecule has 0 saturated carbocycles. The van der Waals surface area contributed by atoms with Gasteiger partial charge in [-0.25, -0.2) is 0 Å². The molecule has 1 aliphatic rings. The normalized spacial score (nSPS) is 23.4. The molecule has 0 unspecified atom stereocenters. The number of hydrogen-bond acceptors (Lipinski definition) is 1. The summed E-state index contributed by atoms with van der Waals surface area (Å²) in [6.45, 7) is 2.20. The minimum Gasteiger partial charge on any atom is -0.252 e. The minimum absolute atomic E-state index is 1.14. The highest BCUT2D eigenvalue weighted by Gasteiger charge is 2.38. The first kappa shape index (κ1) is 8.49. The van der Waals surface area contributed by atoms with Gasteiger partial charge in [-0.3, -0.25) is 4.89 Å². The lowest BCUT2D eigenvalue weighted by molar-refractivity contribution is 0.600. The van der Waals surface area contributed by atoms with Crippen molar-refractivity contribution in [2.75, 3.05) is 18.5 Å². The monoisotopic (exact) mass is 161 g/mol. The van der Waals surface area contributed by atoms with Gasteiger partial charge in [-0.05, 0) is 19.3 Å². The maximum Gasteiger partial charge on any atom is 0.142 e. The molecule has 1 aliphatic heterocycles. The molecule has 10 heavy (non-hydrogen) atoms. The van der Waals surface area contributed by atoms with Gasteiger partial charge in [0, 0.05) is 0 Å². The van der Waals surface area contributed by atoms with Crippen LogP contribution in [0.3, 0.4) is 0 Å². The summed E-state index contributed by atoms with van der Waals surface area (Å²) in [6.07, 6.45) is 8.51. The van der Waals surface area contributed by atoms with Crippen LogP contribution >= 0.6 is 7.49 Å². The molecule has 0 aromatic carbocycles. The summed E-state index contributed by atoms with van der Waals surface area (Å²) in [7, 11) is -1.34. The molecule has 0 atom stereocenters. The SMILES string of the molecule is CCCC[P+]1(O)CCCC1. The minimum atomic E-state index is -1.34. The Labute approximate surface area is 64.3 Å². The van der Waals surface area contributed by atoms with Gasteiger partial charge in [-0.15, -0.1) is 0 Å². The highest BCUT2D eigenvalue weighted by molar-refractivity contribution is 7.70. The molecular formula is C8H18OP+. The van der Waals surface area contributed by atoms with Crippen molar-refractivity contribution in [1.29, 1.82) is 0 Å². The molecule has 0 amide bonds. The molecule has 0 aromatic rings. The molecule has 1 fully saturated rings. The third-order valence-corrected chi connectivity index (χ3v) is 5.77. The van der Waals surface area contributed by atoms with Gasteiger partial charge < -0.3 is 0 Å². The first-order chi connectivity index (χ1) is 4.77. The first-order valence-electron chi connectivity index (χ1n) is 4.36. The molecule has 1 N–H and O–H groups in total. The van der Waals surface area contributed by atoms with Gasteiger partial charge in [0.1, 0.15) is 7.49 Å². The largest absolute Gasteiger partial charge is 0.252 e. The second kappa shape index (κ2) is 3.69. The Hall–Kier alpha value is 0.390. The van der Waals surface area contributed by atoms with Crippen LogP contribution in [0.1, 0.15) is 32.6 Å². The molecule has 0 bridgehead atoms. The standard InChI is InChI=1S/C8H18OP/c1-2-3-6-10(9)7-4-5-8-10/h9H,2-8H2,1H3/q+1. The topological polar surface area (TPSA) is 20.2 Å². The molecule has 60 valence electrons. The van der Waals surface area contributed by atoms with Crippen molar-refractivity contribution in [3.63, 3.8) is 0 Å². The zero-order valence-electron chi connectivity index (χ0n) is 6.84. The van der Waals surface area contributed by atoms with E-state index in [9.17, 15) is 4.89 Å². The van der Waals surface area contributed by atoms with E-state index in [1.807, 2.05) is 0 Å². The van der Waals surface area contributed by atoms with Crippen molar-refractivity contribution in [2.24, 2.45) is 0 Å². The molecule has 1 saturated heterocycles. The van der Waals surface area contributed by atoms with E-state index in [-0.39, 0.29) is 0 Å². The molecule has 0 aliphatic carbocycles. The molecule has 1 rings (SSSR count). The Morgan fingerprint density at radius 3 is 2.40 bits per heavy atom. The van der Waals surface area contributed by atoms with E-state index in [0.29, 0.717) is 0 Å². The fraction of sp³-hybridized carbons (Fsp3) is 1.00.